The quantitative estimate of drug-likeness (QED) is 0.907. The first-order chi connectivity index (χ1) is 10.5. The molecule has 1 saturated carbocycles. The van der Waals surface area contributed by atoms with Gasteiger partial charge >= 0.3 is 0 Å². The van der Waals surface area contributed by atoms with Crippen LogP contribution in [0.25, 0.3) is 0 Å². The Bertz CT molecular complexity index is 554. The summed E-state index contributed by atoms with van der Waals surface area (Å²) < 4.78 is 0. The normalized spacial score (nSPS) is 28.5. The molecule has 1 amide bonds. The summed E-state index contributed by atoms with van der Waals surface area (Å²) in [5, 5.41) is 10.4. The van der Waals surface area contributed by atoms with Crippen LogP contribution in [-0.2, 0) is 0 Å². The van der Waals surface area contributed by atoms with Gasteiger partial charge in [0.15, 0.2) is 0 Å². The van der Waals surface area contributed by atoms with E-state index in [1.54, 1.807) is 0 Å². The van der Waals surface area contributed by atoms with Crippen molar-refractivity contribution < 1.29 is 9.90 Å². The van der Waals surface area contributed by atoms with E-state index in [4.69, 9.17) is 0 Å². The van der Waals surface area contributed by atoms with Crippen molar-refractivity contribution in [3.05, 3.63) is 35.4 Å². The average Bonchev–Trinajstić information content (AvgIpc) is 2.87. The Hall–Kier alpha value is -1.35. The van der Waals surface area contributed by atoms with Gasteiger partial charge in [-0.05, 0) is 49.3 Å². The van der Waals surface area contributed by atoms with Crippen LogP contribution in [0.15, 0.2) is 24.3 Å². The van der Waals surface area contributed by atoms with Crippen molar-refractivity contribution in [1.29, 1.82) is 0 Å². The average molecular weight is 301 g/mol. The molecular weight excluding hydrogens is 274 g/mol. The van der Waals surface area contributed by atoms with E-state index < -0.39 is 0 Å². The van der Waals surface area contributed by atoms with Gasteiger partial charge in [-0.25, -0.2) is 0 Å². The third-order valence-electron chi connectivity index (χ3n) is 5.56. The molecule has 1 aliphatic carbocycles. The van der Waals surface area contributed by atoms with Gasteiger partial charge in [0, 0.05) is 24.1 Å². The Morgan fingerprint density at radius 1 is 1.32 bits per heavy atom. The lowest BCUT2D eigenvalue weighted by atomic mass is 9.76. The fraction of sp³-hybridized carbons (Fsp3) is 0.632. The molecule has 1 N–H and O–H groups in total. The number of aliphatic hydroxyl groups is 1. The number of hydrogen-bond donors (Lipinski definition) is 1. The minimum absolute atomic E-state index is 0.0381. The SMILES string of the molecule is CC(C)c1cccc(C(=O)N2CCC[C@]3(CCC[C@H]3O)C2)c1. The van der Waals surface area contributed by atoms with E-state index in [-0.39, 0.29) is 17.4 Å². The van der Waals surface area contributed by atoms with Crippen molar-refractivity contribution in [3.8, 4) is 0 Å². The number of rotatable bonds is 2. The van der Waals surface area contributed by atoms with Gasteiger partial charge in [-0.3, -0.25) is 4.79 Å². The van der Waals surface area contributed by atoms with Crippen LogP contribution in [0, 0.1) is 5.41 Å². The second-order valence-electron chi connectivity index (χ2n) is 7.38. The third-order valence-corrected chi connectivity index (χ3v) is 5.56. The lowest BCUT2D eigenvalue weighted by Gasteiger charge is -2.42. The van der Waals surface area contributed by atoms with Crippen LogP contribution < -0.4 is 0 Å². The first kappa shape index (κ1) is 15.5. The number of nitrogens with zero attached hydrogens (tertiary/aromatic N) is 1. The van der Waals surface area contributed by atoms with Gasteiger partial charge in [-0.1, -0.05) is 32.4 Å². The molecule has 0 aromatic heterocycles. The van der Waals surface area contributed by atoms with Crippen molar-refractivity contribution in [2.24, 2.45) is 5.41 Å². The molecule has 0 bridgehead atoms. The summed E-state index contributed by atoms with van der Waals surface area (Å²) in [6, 6.07) is 8.01. The Labute approximate surface area is 133 Å². The summed E-state index contributed by atoms with van der Waals surface area (Å²) in [5.41, 5.74) is 1.96. The van der Waals surface area contributed by atoms with E-state index in [1.165, 1.54) is 5.56 Å². The molecule has 1 saturated heterocycles. The van der Waals surface area contributed by atoms with Gasteiger partial charge in [-0.2, -0.15) is 0 Å². The molecule has 3 heteroatoms. The molecule has 1 aliphatic heterocycles. The molecule has 3 nitrogen and oxygen atoms in total. The van der Waals surface area contributed by atoms with E-state index in [1.807, 2.05) is 23.1 Å². The lowest BCUT2D eigenvalue weighted by Crippen LogP contribution is -2.49. The summed E-state index contributed by atoms with van der Waals surface area (Å²) in [7, 11) is 0. The predicted molar refractivity (Wildman–Crippen MR) is 88.0 cm³/mol. The monoisotopic (exact) mass is 301 g/mol. The van der Waals surface area contributed by atoms with E-state index in [9.17, 15) is 9.90 Å². The first-order valence-corrected chi connectivity index (χ1v) is 8.59. The van der Waals surface area contributed by atoms with Crippen LogP contribution >= 0.6 is 0 Å². The minimum Gasteiger partial charge on any atom is -0.392 e. The predicted octanol–water partition coefficient (Wildman–Crippen LogP) is 3.58. The molecule has 1 aromatic carbocycles. The number of likely N-dealkylation sites (tertiary alicyclic amines) is 1. The van der Waals surface area contributed by atoms with Crippen molar-refractivity contribution >= 4 is 5.91 Å². The zero-order chi connectivity index (χ0) is 15.7. The molecule has 2 atom stereocenters. The zero-order valence-corrected chi connectivity index (χ0v) is 13.7. The van der Waals surface area contributed by atoms with E-state index in [0.717, 1.165) is 50.8 Å². The Morgan fingerprint density at radius 3 is 2.77 bits per heavy atom. The highest BCUT2D eigenvalue weighted by Gasteiger charge is 2.45. The highest BCUT2D eigenvalue weighted by Crippen LogP contribution is 2.45. The molecule has 0 unspecified atom stereocenters. The van der Waals surface area contributed by atoms with Crippen LogP contribution in [-0.4, -0.2) is 35.1 Å². The molecule has 0 radical (unpaired) electrons. The maximum atomic E-state index is 12.9. The Kier molecular flexibility index (Phi) is 4.26. The van der Waals surface area contributed by atoms with E-state index in [2.05, 4.69) is 19.9 Å². The van der Waals surface area contributed by atoms with Crippen LogP contribution in [0.4, 0.5) is 0 Å². The maximum absolute atomic E-state index is 12.9. The lowest BCUT2D eigenvalue weighted by molar-refractivity contribution is -0.00536. The number of piperidine rings is 1. The van der Waals surface area contributed by atoms with Gasteiger partial charge in [0.05, 0.1) is 6.10 Å². The Balaban J connectivity index is 1.78. The second-order valence-corrected chi connectivity index (χ2v) is 7.38. The van der Waals surface area contributed by atoms with Gasteiger partial charge in [-0.15, -0.1) is 0 Å². The van der Waals surface area contributed by atoms with E-state index in [0.29, 0.717) is 5.92 Å². The van der Waals surface area contributed by atoms with Gasteiger partial charge in [0.2, 0.25) is 0 Å². The minimum atomic E-state index is -0.231. The first-order valence-electron chi connectivity index (χ1n) is 8.59. The van der Waals surface area contributed by atoms with E-state index >= 15 is 0 Å². The van der Waals surface area contributed by atoms with Gasteiger partial charge in [0.25, 0.3) is 5.91 Å². The molecule has 2 aliphatic rings. The van der Waals surface area contributed by atoms with Crippen LogP contribution in [0.5, 0.6) is 0 Å². The molecule has 1 heterocycles. The number of carbonyl (C=O) groups is 1. The highest BCUT2D eigenvalue weighted by molar-refractivity contribution is 5.94. The van der Waals surface area contributed by atoms with Crippen molar-refractivity contribution in [1.82, 2.24) is 4.90 Å². The summed E-state index contributed by atoms with van der Waals surface area (Å²) in [6.07, 6.45) is 4.88. The maximum Gasteiger partial charge on any atom is 0.253 e. The van der Waals surface area contributed by atoms with Crippen molar-refractivity contribution in [2.75, 3.05) is 13.1 Å². The number of benzene rings is 1. The molecule has 1 aromatic rings. The summed E-state index contributed by atoms with van der Waals surface area (Å²) in [6.45, 7) is 5.83. The topological polar surface area (TPSA) is 40.5 Å². The van der Waals surface area contributed by atoms with Crippen LogP contribution in [0.3, 0.4) is 0 Å². The molecule has 1 spiro atoms. The highest BCUT2D eigenvalue weighted by atomic mass is 16.3. The number of aliphatic hydroxyl groups excluding tert-OH is 1. The van der Waals surface area contributed by atoms with Gasteiger partial charge < -0.3 is 10.0 Å². The Morgan fingerprint density at radius 2 is 2.09 bits per heavy atom. The third kappa shape index (κ3) is 2.79. The molecule has 2 fully saturated rings. The number of hydrogen-bond acceptors (Lipinski definition) is 2. The second kappa shape index (κ2) is 6.04. The molecular formula is C19H27NO2. The summed E-state index contributed by atoms with van der Waals surface area (Å²) in [4.78, 5) is 14.8. The standard InChI is InChI=1S/C19H27NO2/c1-14(2)15-6-3-7-16(12-15)18(22)20-11-5-10-19(13-20)9-4-8-17(19)21/h3,6-7,12,14,17,21H,4-5,8-11,13H2,1-2H3/t17-,19-/m1/s1. The summed E-state index contributed by atoms with van der Waals surface area (Å²) in [5.74, 6) is 0.553. The zero-order valence-electron chi connectivity index (χ0n) is 13.7. The van der Waals surface area contributed by atoms with Crippen molar-refractivity contribution in [3.63, 3.8) is 0 Å². The summed E-state index contributed by atoms with van der Waals surface area (Å²) >= 11 is 0. The number of amides is 1. The van der Waals surface area contributed by atoms with Crippen LogP contribution in [0.2, 0.25) is 0 Å². The molecule has 3 rings (SSSR count). The van der Waals surface area contributed by atoms with Crippen molar-refractivity contribution in [2.45, 2.75) is 58.0 Å². The van der Waals surface area contributed by atoms with Crippen LogP contribution in [0.1, 0.15) is 67.8 Å². The van der Waals surface area contributed by atoms with Gasteiger partial charge in [0.1, 0.15) is 0 Å². The number of carbonyl (C=O) groups excluding carboxylic acids is 1. The fourth-order valence-corrected chi connectivity index (χ4v) is 4.14. The molecule has 120 valence electrons. The smallest absolute Gasteiger partial charge is 0.253 e. The molecule has 22 heavy (non-hydrogen) atoms. The largest absolute Gasteiger partial charge is 0.392 e. The fourth-order valence-electron chi connectivity index (χ4n) is 4.14.